The highest BCUT2D eigenvalue weighted by atomic mass is 16.5. The van der Waals surface area contributed by atoms with E-state index < -0.39 is 24.4 Å². The quantitative estimate of drug-likeness (QED) is 0.823. The van der Waals surface area contributed by atoms with Crippen LogP contribution in [0.4, 0.5) is 5.69 Å². The van der Waals surface area contributed by atoms with Crippen LogP contribution in [0.5, 0.6) is 0 Å². The van der Waals surface area contributed by atoms with E-state index >= 15 is 0 Å². The van der Waals surface area contributed by atoms with Crippen molar-refractivity contribution in [1.82, 2.24) is 0 Å². The lowest BCUT2D eigenvalue weighted by Gasteiger charge is -2.10. The van der Waals surface area contributed by atoms with E-state index in [4.69, 9.17) is 10.5 Å². The number of nitrogens with two attached hydrogens (primary N) is 1. The Morgan fingerprint density at radius 1 is 1.04 bits per heavy atom. The SMILES string of the molecule is Cc1ccc(C(=O)OCC(=O)Nc2ccccc2C(N)=O)c(C)c1. The Morgan fingerprint density at radius 3 is 2.42 bits per heavy atom. The molecule has 0 fully saturated rings. The van der Waals surface area contributed by atoms with Gasteiger partial charge in [0.15, 0.2) is 6.61 Å². The van der Waals surface area contributed by atoms with Gasteiger partial charge in [-0.05, 0) is 37.6 Å². The summed E-state index contributed by atoms with van der Waals surface area (Å²) in [7, 11) is 0. The van der Waals surface area contributed by atoms with Crippen LogP contribution in [0.25, 0.3) is 0 Å². The summed E-state index contributed by atoms with van der Waals surface area (Å²) >= 11 is 0. The van der Waals surface area contributed by atoms with Gasteiger partial charge in [-0.15, -0.1) is 0 Å². The second-order valence-corrected chi connectivity index (χ2v) is 5.35. The number of carbonyl (C=O) groups excluding carboxylic acids is 3. The molecule has 0 atom stereocenters. The first-order valence-corrected chi connectivity index (χ1v) is 7.31. The first kappa shape index (κ1) is 17.2. The highest BCUT2D eigenvalue weighted by molar-refractivity contribution is 6.03. The molecular weight excluding hydrogens is 308 g/mol. The molecule has 0 aliphatic rings. The predicted octanol–water partition coefficient (Wildman–Crippen LogP) is 2.20. The topological polar surface area (TPSA) is 98.5 Å². The van der Waals surface area contributed by atoms with E-state index in [2.05, 4.69) is 5.32 Å². The summed E-state index contributed by atoms with van der Waals surface area (Å²) in [5.74, 6) is -1.79. The summed E-state index contributed by atoms with van der Waals surface area (Å²) in [6, 6.07) is 11.7. The molecule has 2 aromatic carbocycles. The zero-order valence-electron chi connectivity index (χ0n) is 13.5. The molecule has 0 bridgehead atoms. The molecule has 0 aliphatic carbocycles. The smallest absolute Gasteiger partial charge is 0.338 e. The lowest BCUT2D eigenvalue weighted by Crippen LogP contribution is -2.23. The molecule has 0 spiro atoms. The van der Waals surface area contributed by atoms with E-state index in [0.717, 1.165) is 11.1 Å². The molecule has 0 aromatic heterocycles. The van der Waals surface area contributed by atoms with Crippen molar-refractivity contribution in [1.29, 1.82) is 0 Å². The predicted molar refractivity (Wildman–Crippen MR) is 89.8 cm³/mol. The van der Waals surface area contributed by atoms with Crippen LogP contribution in [0.2, 0.25) is 0 Å². The molecule has 2 amide bonds. The Kier molecular flexibility index (Phi) is 5.31. The summed E-state index contributed by atoms with van der Waals surface area (Å²) in [6.07, 6.45) is 0. The zero-order chi connectivity index (χ0) is 17.7. The Balaban J connectivity index is 1.99. The van der Waals surface area contributed by atoms with Crippen molar-refractivity contribution in [2.45, 2.75) is 13.8 Å². The largest absolute Gasteiger partial charge is 0.452 e. The number of carbonyl (C=O) groups is 3. The number of hydrogen-bond donors (Lipinski definition) is 2. The fraction of sp³-hybridized carbons (Fsp3) is 0.167. The van der Waals surface area contributed by atoms with E-state index in [1.54, 1.807) is 37.3 Å². The normalized spacial score (nSPS) is 10.1. The van der Waals surface area contributed by atoms with Crippen LogP contribution in [0.1, 0.15) is 31.8 Å². The van der Waals surface area contributed by atoms with E-state index in [9.17, 15) is 14.4 Å². The van der Waals surface area contributed by atoms with Crippen molar-refractivity contribution in [3.05, 3.63) is 64.7 Å². The molecule has 124 valence electrons. The fourth-order valence-electron chi connectivity index (χ4n) is 2.24. The molecule has 0 saturated carbocycles. The number of aryl methyl sites for hydroxylation is 2. The van der Waals surface area contributed by atoms with Crippen LogP contribution in [0, 0.1) is 13.8 Å². The molecule has 0 heterocycles. The maximum Gasteiger partial charge on any atom is 0.338 e. The molecule has 3 N–H and O–H groups in total. The van der Waals surface area contributed by atoms with Crippen molar-refractivity contribution in [3.63, 3.8) is 0 Å². The number of anilines is 1. The second kappa shape index (κ2) is 7.41. The number of benzene rings is 2. The summed E-state index contributed by atoms with van der Waals surface area (Å²) in [6.45, 7) is 3.26. The van der Waals surface area contributed by atoms with Crippen molar-refractivity contribution in [2.24, 2.45) is 5.73 Å². The number of esters is 1. The van der Waals surface area contributed by atoms with Crippen LogP contribution in [-0.2, 0) is 9.53 Å². The summed E-state index contributed by atoms with van der Waals surface area (Å²) in [5, 5.41) is 2.51. The minimum atomic E-state index is -0.654. The maximum absolute atomic E-state index is 12.0. The lowest BCUT2D eigenvalue weighted by molar-refractivity contribution is -0.119. The van der Waals surface area contributed by atoms with Crippen molar-refractivity contribution in [3.8, 4) is 0 Å². The molecule has 0 saturated heterocycles. The van der Waals surface area contributed by atoms with Crippen molar-refractivity contribution in [2.75, 3.05) is 11.9 Å². The Hall–Kier alpha value is -3.15. The number of para-hydroxylation sites is 1. The number of ether oxygens (including phenoxy) is 1. The molecule has 2 aromatic rings. The number of amides is 2. The molecule has 0 radical (unpaired) electrons. The third kappa shape index (κ3) is 4.19. The van der Waals surface area contributed by atoms with Gasteiger partial charge in [-0.3, -0.25) is 9.59 Å². The maximum atomic E-state index is 12.0. The van der Waals surface area contributed by atoms with E-state index in [-0.39, 0.29) is 11.3 Å². The van der Waals surface area contributed by atoms with Gasteiger partial charge in [0, 0.05) is 0 Å². The van der Waals surface area contributed by atoms with E-state index in [1.807, 2.05) is 13.0 Å². The van der Waals surface area contributed by atoms with E-state index in [1.165, 1.54) is 6.07 Å². The summed E-state index contributed by atoms with van der Waals surface area (Å²) in [4.78, 5) is 35.3. The molecule has 0 aliphatic heterocycles. The lowest BCUT2D eigenvalue weighted by atomic mass is 10.1. The molecule has 6 heteroatoms. The Labute approximate surface area is 139 Å². The average Bonchev–Trinajstić information content (AvgIpc) is 2.53. The van der Waals surface area contributed by atoms with E-state index in [0.29, 0.717) is 5.56 Å². The molecular formula is C18H18N2O4. The van der Waals surface area contributed by atoms with Gasteiger partial charge in [0.05, 0.1) is 16.8 Å². The Morgan fingerprint density at radius 2 is 1.75 bits per heavy atom. The minimum absolute atomic E-state index is 0.187. The molecule has 0 unspecified atom stereocenters. The van der Waals surface area contributed by atoms with Gasteiger partial charge < -0.3 is 15.8 Å². The van der Waals surface area contributed by atoms with Crippen LogP contribution in [0.3, 0.4) is 0 Å². The highest BCUT2D eigenvalue weighted by Gasteiger charge is 2.14. The summed E-state index contributed by atoms with van der Waals surface area (Å²) in [5.41, 5.74) is 7.92. The van der Waals surface area contributed by atoms with Crippen molar-refractivity contribution >= 4 is 23.5 Å². The number of nitrogens with one attached hydrogen (secondary N) is 1. The van der Waals surface area contributed by atoms with Gasteiger partial charge in [-0.25, -0.2) is 4.79 Å². The second-order valence-electron chi connectivity index (χ2n) is 5.35. The highest BCUT2D eigenvalue weighted by Crippen LogP contribution is 2.15. The van der Waals surface area contributed by atoms with Gasteiger partial charge in [0.2, 0.25) is 0 Å². The number of primary amides is 1. The first-order valence-electron chi connectivity index (χ1n) is 7.31. The third-order valence-corrected chi connectivity index (χ3v) is 3.40. The third-order valence-electron chi connectivity index (χ3n) is 3.40. The first-order chi connectivity index (χ1) is 11.4. The van der Waals surface area contributed by atoms with Crippen LogP contribution in [-0.4, -0.2) is 24.4 Å². The van der Waals surface area contributed by atoms with Gasteiger partial charge in [0.25, 0.3) is 11.8 Å². The number of hydrogen-bond acceptors (Lipinski definition) is 4. The molecule has 24 heavy (non-hydrogen) atoms. The van der Waals surface area contributed by atoms with Gasteiger partial charge in [0.1, 0.15) is 0 Å². The molecule has 2 rings (SSSR count). The summed E-state index contributed by atoms with van der Waals surface area (Å²) < 4.78 is 5.02. The van der Waals surface area contributed by atoms with Gasteiger partial charge in [-0.2, -0.15) is 0 Å². The molecule has 6 nitrogen and oxygen atoms in total. The zero-order valence-corrected chi connectivity index (χ0v) is 13.5. The van der Waals surface area contributed by atoms with Gasteiger partial charge >= 0.3 is 5.97 Å². The Bertz CT molecular complexity index is 799. The van der Waals surface area contributed by atoms with Gasteiger partial charge in [-0.1, -0.05) is 29.8 Å². The fourth-order valence-corrected chi connectivity index (χ4v) is 2.24. The van der Waals surface area contributed by atoms with Crippen LogP contribution in [0.15, 0.2) is 42.5 Å². The monoisotopic (exact) mass is 326 g/mol. The average molecular weight is 326 g/mol. The van der Waals surface area contributed by atoms with Crippen LogP contribution >= 0.6 is 0 Å². The minimum Gasteiger partial charge on any atom is -0.452 e. The van der Waals surface area contributed by atoms with Crippen LogP contribution < -0.4 is 11.1 Å². The number of rotatable bonds is 5. The van der Waals surface area contributed by atoms with Crippen molar-refractivity contribution < 1.29 is 19.1 Å². The standard InChI is InChI=1S/C18H18N2O4/c1-11-7-8-13(12(2)9-11)18(23)24-10-16(21)20-15-6-4-3-5-14(15)17(19)22/h3-9H,10H2,1-2H3,(H2,19,22)(H,20,21).